The average Bonchev–Trinajstić information content (AvgIpc) is 2.42. The van der Waals surface area contributed by atoms with E-state index in [-0.39, 0.29) is 11.9 Å². The van der Waals surface area contributed by atoms with Crippen LogP contribution in [0.3, 0.4) is 0 Å². The molecule has 0 saturated heterocycles. The highest BCUT2D eigenvalue weighted by molar-refractivity contribution is 14.1. The van der Waals surface area contributed by atoms with Crippen LogP contribution >= 0.6 is 22.6 Å². The largest absolute Gasteiger partial charge is 0.495 e. The standard InChI is InChI=1S/C13H13FIN3O/c1-19-11-3-2-6-17-13(11)12(18-16)9-5-4-8(14)7-10(9)15/h2-7,12,18H,16H2,1H3. The highest BCUT2D eigenvalue weighted by atomic mass is 127. The molecule has 0 saturated carbocycles. The van der Waals surface area contributed by atoms with E-state index in [2.05, 4.69) is 33.0 Å². The lowest BCUT2D eigenvalue weighted by molar-refractivity contribution is 0.400. The second-order valence-electron chi connectivity index (χ2n) is 3.86. The zero-order valence-corrected chi connectivity index (χ0v) is 12.4. The van der Waals surface area contributed by atoms with E-state index in [0.717, 1.165) is 9.13 Å². The SMILES string of the molecule is COc1cccnc1C(NN)c1ccc(F)cc1I. The van der Waals surface area contributed by atoms with Crippen molar-refractivity contribution in [2.24, 2.45) is 5.84 Å². The van der Waals surface area contributed by atoms with Gasteiger partial charge in [-0.1, -0.05) is 6.07 Å². The Hall–Kier alpha value is -1.25. The first-order valence-corrected chi connectivity index (χ1v) is 6.65. The number of aromatic nitrogens is 1. The summed E-state index contributed by atoms with van der Waals surface area (Å²) in [6.07, 6.45) is 1.67. The minimum absolute atomic E-state index is 0.281. The number of methoxy groups -OCH3 is 1. The summed E-state index contributed by atoms with van der Waals surface area (Å²) in [5.41, 5.74) is 4.21. The topological polar surface area (TPSA) is 60.2 Å². The maximum Gasteiger partial charge on any atom is 0.142 e. The van der Waals surface area contributed by atoms with Gasteiger partial charge in [-0.15, -0.1) is 0 Å². The van der Waals surface area contributed by atoms with E-state index in [1.54, 1.807) is 25.4 Å². The summed E-state index contributed by atoms with van der Waals surface area (Å²) in [5, 5.41) is 0. The van der Waals surface area contributed by atoms with Gasteiger partial charge in [-0.05, 0) is 52.4 Å². The number of halogens is 2. The maximum absolute atomic E-state index is 13.2. The Bertz CT molecular complexity index is 580. The van der Waals surface area contributed by atoms with Crippen LogP contribution in [0.4, 0.5) is 4.39 Å². The molecule has 0 aliphatic carbocycles. The fourth-order valence-electron chi connectivity index (χ4n) is 1.84. The van der Waals surface area contributed by atoms with Crippen molar-refractivity contribution in [2.45, 2.75) is 6.04 Å². The van der Waals surface area contributed by atoms with E-state index < -0.39 is 0 Å². The number of hydrogen-bond acceptors (Lipinski definition) is 4. The molecular weight excluding hydrogens is 360 g/mol. The van der Waals surface area contributed by atoms with E-state index >= 15 is 0 Å². The molecule has 0 aliphatic heterocycles. The van der Waals surface area contributed by atoms with Crippen molar-refractivity contribution in [1.29, 1.82) is 0 Å². The minimum atomic E-state index is -0.358. The lowest BCUT2D eigenvalue weighted by atomic mass is 10.0. The second kappa shape index (κ2) is 6.27. The van der Waals surface area contributed by atoms with E-state index in [1.165, 1.54) is 12.1 Å². The van der Waals surface area contributed by atoms with Gasteiger partial charge in [0.1, 0.15) is 17.3 Å². The maximum atomic E-state index is 13.2. The highest BCUT2D eigenvalue weighted by Crippen LogP contribution is 2.30. The number of hydrazine groups is 1. The molecule has 0 fully saturated rings. The molecule has 3 N–H and O–H groups in total. The molecule has 1 heterocycles. The van der Waals surface area contributed by atoms with Crippen LogP contribution in [0.25, 0.3) is 0 Å². The van der Waals surface area contributed by atoms with Crippen LogP contribution in [0.15, 0.2) is 36.5 Å². The van der Waals surface area contributed by atoms with Crippen LogP contribution in [-0.4, -0.2) is 12.1 Å². The van der Waals surface area contributed by atoms with Gasteiger partial charge in [-0.25, -0.2) is 9.82 Å². The molecule has 0 radical (unpaired) electrons. The molecule has 4 nitrogen and oxygen atoms in total. The summed E-state index contributed by atoms with van der Waals surface area (Å²) >= 11 is 2.07. The van der Waals surface area contributed by atoms with E-state index in [0.29, 0.717) is 11.4 Å². The molecule has 0 spiro atoms. The van der Waals surface area contributed by atoms with Crippen LogP contribution in [0.2, 0.25) is 0 Å². The number of benzene rings is 1. The van der Waals surface area contributed by atoms with Crippen LogP contribution < -0.4 is 16.0 Å². The summed E-state index contributed by atoms with van der Waals surface area (Å²) in [5.74, 6) is 5.97. The normalized spacial score (nSPS) is 12.2. The van der Waals surface area contributed by atoms with Gasteiger partial charge in [0.25, 0.3) is 0 Å². The monoisotopic (exact) mass is 373 g/mol. The number of hydrogen-bond donors (Lipinski definition) is 2. The molecule has 0 amide bonds. The van der Waals surface area contributed by atoms with Gasteiger partial charge in [-0.3, -0.25) is 10.8 Å². The lowest BCUT2D eigenvalue weighted by Gasteiger charge is -2.19. The van der Waals surface area contributed by atoms with E-state index in [4.69, 9.17) is 10.6 Å². The average molecular weight is 373 g/mol. The molecule has 0 bridgehead atoms. The number of nitrogens with zero attached hydrogens (tertiary/aromatic N) is 1. The predicted molar refractivity (Wildman–Crippen MR) is 79.1 cm³/mol. The fourth-order valence-corrected chi connectivity index (χ4v) is 2.63. The molecule has 1 unspecified atom stereocenters. The first-order chi connectivity index (χ1) is 9.17. The van der Waals surface area contributed by atoms with Crippen LogP contribution in [0.1, 0.15) is 17.3 Å². The lowest BCUT2D eigenvalue weighted by Crippen LogP contribution is -2.30. The molecule has 2 aromatic rings. The van der Waals surface area contributed by atoms with Crippen molar-refractivity contribution in [3.05, 3.63) is 57.2 Å². The fraction of sp³-hybridized carbons (Fsp3) is 0.154. The summed E-state index contributed by atoms with van der Waals surface area (Å²) < 4.78 is 19.2. The molecule has 19 heavy (non-hydrogen) atoms. The highest BCUT2D eigenvalue weighted by Gasteiger charge is 2.20. The molecule has 1 aromatic heterocycles. The number of pyridine rings is 1. The number of ether oxygens (including phenoxy) is 1. The van der Waals surface area contributed by atoms with Gasteiger partial charge in [0.05, 0.1) is 13.2 Å². The third-order valence-electron chi connectivity index (χ3n) is 2.73. The van der Waals surface area contributed by atoms with Gasteiger partial charge in [0, 0.05) is 9.77 Å². The number of nitrogens with one attached hydrogen (secondary N) is 1. The van der Waals surface area contributed by atoms with E-state index in [1.807, 2.05) is 6.07 Å². The number of rotatable bonds is 4. The van der Waals surface area contributed by atoms with Crippen LogP contribution in [0.5, 0.6) is 5.75 Å². The third kappa shape index (κ3) is 3.02. The summed E-state index contributed by atoms with van der Waals surface area (Å²) in [4.78, 5) is 4.30. The third-order valence-corrected chi connectivity index (χ3v) is 3.67. The summed E-state index contributed by atoms with van der Waals surface area (Å²) in [6.45, 7) is 0. The number of nitrogens with two attached hydrogens (primary N) is 1. The minimum Gasteiger partial charge on any atom is -0.495 e. The molecule has 6 heteroatoms. The Labute approximate surface area is 124 Å². The molecule has 100 valence electrons. The van der Waals surface area contributed by atoms with E-state index in [9.17, 15) is 4.39 Å². The Morgan fingerprint density at radius 2 is 2.21 bits per heavy atom. The second-order valence-corrected chi connectivity index (χ2v) is 5.02. The van der Waals surface area contributed by atoms with Crippen molar-refractivity contribution in [3.8, 4) is 5.75 Å². The van der Waals surface area contributed by atoms with Gasteiger partial charge in [0.15, 0.2) is 0 Å². The van der Waals surface area contributed by atoms with Crippen LogP contribution in [-0.2, 0) is 0 Å². The molecule has 1 atom stereocenters. The predicted octanol–water partition coefficient (Wildman–Crippen LogP) is 2.39. The summed E-state index contributed by atoms with van der Waals surface area (Å²) in [7, 11) is 1.57. The Balaban J connectivity index is 2.50. The van der Waals surface area contributed by atoms with Crippen molar-refractivity contribution in [1.82, 2.24) is 10.4 Å². The molecular formula is C13H13FIN3O. The molecule has 1 aromatic carbocycles. The van der Waals surface area contributed by atoms with Crippen molar-refractivity contribution >= 4 is 22.6 Å². The smallest absolute Gasteiger partial charge is 0.142 e. The quantitative estimate of drug-likeness (QED) is 0.491. The Kier molecular flexibility index (Phi) is 4.67. The van der Waals surface area contributed by atoms with Crippen molar-refractivity contribution in [3.63, 3.8) is 0 Å². The van der Waals surface area contributed by atoms with Crippen molar-refractivity contribution in [2.75, 3.05) is 7.11 Å². The Morgan fingerprint density at radius 1 is 1.42 bits per heavy atom. The zero-order chi connectivity index (χ0) is 13.8. The van der Waals surface area contributed by atoms with Gasteiger partial charge < -0.3 is 4.74 Å². The van der Waals surface area contributed by atoms with Gasteiger partial charge in [0.2, 0.25) is 0 Å². The first-order valence-electron chi connectivity index (χ1n) is 5.57. The first kappa shape index (κ1) is 14.2. The summed E-state index contributed by atoms with van der Waals surface area (Å²) in [6, 6.07) is 7.78. The van der Waals surface area contributed by atoms with Crippen molar-refractivity contribution < 1.29 is 9.13 Å². The van der Waals surface area contributed by atoms with Gasteiger partial charge >= 0.3 is 0 Å². The van der Waals surface area contributed by atoms with Crippen LogP contribution in [0, 0.1) is 9.39 Å². The zero-order valence-electron chi connectivity index (χ0n) is 10.2. The Morgan fingerprint density at radius 3 is 2.84 bits per heavy atom. The molecule has 2 rings (SSSR count). The molecule has 0 aliphatic rings. The van der Waals surface area contributed by atoms with Gasteiger partial charge in [-0.2, -0.15) is 0 Å².